The lowest BCUT2D eigenvalue weighted by atomic mass is 9.79. The second-order valence-corrected chi connectivity index (χ2v) is 5.36. The Balaban J connectivity index is 1.77. The van der Waals surface area contributed by atoms with Crippen molar-refractivity contribution in [3.8, 4) is 0 Å². The molecule has 2 fully saturated rings. The molecule has 0 radical (unpaired) electrons. The first-order valence-electron chi connectivity index (χ1n) is 6.21. The molecule has 2 atom stereocenters. The predicted molar refractivity (Wildman–Crippen MR) is 65.7 cm³/mol. The van der Waals surface area contributed by atoms with Gasteiger partial charge in [0.15, 0.2) is 0 Å². The molecule has 2 aliphatic heterocycles. The van der Waals surface area contributed by atoms with E-state index in [1.807, 2.05) is 18.2 Å². The molecule has 1 aromatic rings. The standard InChI is InChI=1S/C14H14N2O/c17-13-6-10-7-14(13,8-15-10)12-5-9-3-1-2-4-11(9)16-12/h1-4,10,15H,5-8H2. The maximum absolute atomic E-state index is 12.2. The average molecular weight is 226 g/mol. The molecule has 0 spiro atoms. The normalized spacial score (nSPS) is 34.0. The van der Waals surface area contributed by atoms with Gasteiger partial charge in [0.1, 0.15) is 5.78 Å². The molecule has 1 saturated heterocycles. The molecule has 86 valence electrons. The van der Waals surface area contributed by atoms with Crippen molar-refractivity contribution in [3.05, 3.63) is 29.8 Å². The molecule has 3 nitrogen and oxygen atoms in total. The van der Waals surface area contributed by atoms with E-state index >= 15 is 0 Å². The van der Waals surface area contributed by atoms with Crippen LogP contribution in [0.2, 0.25) is 0 Å². The van der Waals surface area contributed by atoms with Crippen LogP contribution in [0.1, 0.15) is 18.4 Å². The molecule has 2 heterocycles. The van der Waals surface area contributed by atoms with Crippen LogP contribution in [0.5, 0.6) is 0 Å². The fourth-order valence-corrected chi connectivity index (χ4v) is 3.45. The minimum absolute atomic E-state index is 0.274. The number of carbonyl (C=O) groups excluding carboxylic acids is 1. The first-order chi connectivity index (χ1) is 8.28. The number of Topliss-reactive ketones (excluding diaryl/α,β-unsaturated/α-hetero) is 1. The number of rotatable bonds is 1. The van der Waals surface area contributed by atoms with E-state index in [4.69, 9.17) is 4.99 Å². The molecule has 2 unspecified atom stereocenters. The zero-order chi connectivity index (χ0) is 11.5. The topological polar surface area (TPSA) is 41.5 Å². The van der Waals surface area contributed by atoms with Gasteiger partial charge in [-0.25, -0.2) is 0 Å². The van der Waals surface area contributed by atoms with Crippen LogP contribution in [-0.2, 0) is 11.2 Å². The van der Waals surface area contributed by atoms with Gasteiger partial charge in [-0.1, -0.05) is 18.2 Å². The molecule has 3 heteroatoms. The number of nitrogens with one attached hydrogen (secondary N) is 1. The number of aliphatic imine (C=N–C) groups is 1. The van der Waals surface area contributed by atoms with Gasteiger partial charge in [0.2, 0.25) is 0 Å². The van der Waals surface area contributed by atoms with Crippen LogP contribution >= 0.6 is 0 Å². The highest BCUT2D eigenvalue weighted by Crippen LogP contribution is 2.45. The van der Waals surface area contributed by atoms with Crippen molar-refractivity contribution in [2.45, 2.75) is 25.3 Å². The molecule has 17 heavy (non-hydrogen) atoms. The fraction of sp³-hybridized carbons (Fsp3) is 0.429. The largest absolute Gasteiger partial charge is 0.312 e. The lowest BCUT2D eigenvalue weighted by molar-refractivity contribution is -0.123. The molecule has 1 N–H and O–H groups in total. The number of fused-ring (bicyclic) bond motifs is 3. The van der Waals surface area contributed by atoms with Gasteiger partial charge in [0, 0.05) is 31.1 Å². The molecular formula is C14H14N2O. The molecule has 0 amide bonds. The van der Waals surface area contributed by atoms with Crippen molar-refractivity contribution in [2.75, 3.05) is 6.54 Å². The average Bonchev–Trinajstić information content (AvgIpc) is 2.99. The third kappa shape index (κ3) is 1.15. The Morgan fingerprint density at radius 2 is 2.24 bits per heavy atom. The van der Waals surface area contributed by atoms with Gasteiger partial charge >= 0.3 is 0 Å². The van der Waals surface area contributed by atoms with Crippen molar-refractivity contribution in [1.29, 1.82) is 0 Å². The molecule has 0 aromatic heterocycles. The Labute approximate surface area is 99.9 Å². The summed E-state index contributed by atoms with van der Waals surface area (Å²) in [5, 5.41) is 3.43. The summed E-state index contributed by atoms with van der Waals surface area (Å²) in [6, 6.07) is 8.60. The predicted octanol–water partition coefficient (Wildman–Crippen LogP) is 1.64. The summed E-state index contributed by atoms with van der Waals surface area (Å²) in [5.74, 6) is 0.396. The number of hydrogen-bond donors (Lipinski definition) is 1. The summed E-state index contributed by atoms with van der Waals surface area (Å²) in [6.07, 6.45) is 2.50. The number of carbonyl (C=O) groups is 1. The molecule has 1 saturated carbocycles. The van der Waals surface area contributed by atoms with Gasteiger partial charge in [-0.3, -0.25) is 9.79 Å². The van der Waals surface area contributed by atoms with Crippen LogP contribution in [0.3, 0.4) is 0 Å². The van der Waals surface area contributed by atoms with Gasteiger partial charge in [-0.15, -0.1) is 0 Å². The summed E-state index contributed by atoms with van der Waals surface area (Å²) in [4.78, 5) is 16.9. The van der Waals surface area contributed by atoms with Crippen LogP contribution in [0.15, 0.2) is 29.3 Å². The summed E-state index contributed by atoms with van der Waals surface area (Å²) in [5.41, 5.74) is 3.14. The van der Waals surface area contributed by atoms with Crippen molar-refractivity contribution in [3.63, 3.8) is 0 Å². The highest BCUT2D eigenvalue weighted by Gasteiger charge is 2.55. The van der Waals surface area contributed by atoms with E-state index < -0.39 is 0 Å². The highest BCUT2D eigenvalue weighted by molar-refractivity contribution is 6.15. The Hall–Kier alpha value is -1.48. The first-order valence-corrected chi connectivity index (χ1v) is 6.21. The number of benzene rings is 1. The maximum atomic E-state index is 12.2. The SMILES string of the molecule is O=C1CC2CC1(C1=Nc3ccccc3C1)CN2. The molecular weight excluding hydrogens is 212 g/mol. The number of para-hydroxylation sites is 1. The van der Waals surface area contributed by atoms with Crippen LogP contribution in [0.4, 0.5) is 5.69 Å². The highest BCUT2D eigenvalue weighted by atomic mass is 16.1. The smallest absolute Gasteiger partial charge is 0.147 e. The molecule has 4 rings (SSSR count). The van der Waals surface area contributed by atoms with Crippen molar-refractivity contribution < 1.29 is 4.79 Å². The Bertz CT molecular complexity index is 549. The maximum Gasteiger partial charge on any atom is 0.147 e. The molecule has 1 aliphatic carbocycles. The number of hydrogen-bond acceptors (Lipinski definition) is 3. The Morgan fingerprint density at radius 3 is 2.94 bits per heavy atom. The third-order valence-corrected chi connectivity index (χ3v) is 4.41. The van der Waals surface area contributed by atoms with Crippen molar-refractivity contribution >= 4 is 17.2 Å². The van der Waals surface area contributed by atoms with Crippen LogP contribution < -0.4 is 5.32 Å². The first kappa shape index (κ1) is 9.54. The van der Waals surface area contributed by atoms with E-state index in [0.717, 1.165) is 30.8 Å². The van der Waals surface area contributed by atoms with Crippen LogP contribution in [-0.4, -0.2) is 24.1 Å². The lowest BCUT2D eigenvalue weighted by Crippen LogP contribution is -2.43. The van der Waals surface area contributed by atoms with E-state index in [1.54, 1.807) is 0 Å². The Kier molecular flexibility index (Phi) is 1.71. The quantitative estimate of drug-likeness (QED) is 0.791. The summed E-state index contributed by atoms with van der Waals surface area (Å²) in [6.45, 7) is 0.795. The summed E-state index contributed by atoms with van der Waals surface area (Å²) >= 11 is 0. The zero-order valence-corrected chi connectivity index (χ0v) is 9.57. The van der Waals surface area contributed by atoms with Crippen LogP contribution in [0.25, 0.3) is 0 Å². The molecule has 1 aromatic carbocycles. The Morgan fingerprint density at radius 1 is 1.35 bits per heavy atom. The number of nitrogens with zero attached hydrogens (tertiary/aromatic N) is 1. The second kappa shape index (κ2) is 3.05. The van der Waals surface area contributed by atoms with Crippen molar-refractivity contribution in [2.24, 2.45) is 10.4 Å². The van der Waals surface area contributed by atoms with E-state index in [1.165, 1.54) is 5.56 Å². The van der Waals surface area contributed by atoms with E-state index in [2.05, 4.69) is 11.4 Å². The van der Waals surface area contributed by atoms with Crippen molar-refractivity contribution in [1.82, 2.24) is 5.32 Å². The van der Waals surface area contributed by atoms with E-state index in [9.17, 15) is 4.79 Å². The summed E-state index contributed by atoms with van der Waals surface area (Å²) < 4.78 is 0. The van der Waals surface area contributed by atoms with E-state index in [-0.39, 0.29) is 5.41 Å². The number of ketones is 1. The van der Waals surface area contributed by atoms with Gasteiger partial charge in [-0.05, 0) is 18.1 Å². The second-order valence-electron chi connectivity index (χ2n) is 5.36. The zero-order valence-electron chi connectivity index (χ0n) is 9.57. The summed E-state index contributed by atoms with van der Waals surface area (Å²) in [7, 11) is 0. The van der Waals surface area contributed by atoms with Gasteiger partial charge in [0.25, 0.3) is 0 Å². The lowest BCUT2D eigenvalue weighted by Gasteiger charge is -2.24. The number of piperidine rings is 1. The van der Waals surface area contributed by atoms with Gasteiger partial charge in [-0.2, -0.15) is 0 Å². The minimum atomic E-state index is -0.274. The minimum Gasteiger partial charge on any atom is -0.312 e. The van der Waals surface area contributed by atoms with E-state index in [0.29, 0.717) is 18.2 Å². The third-order valence-electron chi connectivity index (χ3n) is 4.41. The monoisotopic (exact) mass is 226 g/mol. The fourth-order valence-electron chi connectivity index (χ4n) is 3.45. The molecule has 3 aliphatic rings. The van der Waals surface area contributed by atoms with Crippen LogP contribution in [0, 0.1) is 5.41 Å². The van der Waals surface area contributed by atoms with Gasteiger partial charge < -0.3 is 5.32 Å². The molecule has 2 bridgehead atoms. The van der Waals surface area contributed by atoms with Gasteiger partial charge in [0.05, 0.1) is 11.1 Å².